The number of halogens is 2. The van der Waals surface area contributed by atoms with Crippen molar-refractivity contribution in [1.29, 1.82) is 0 Å². The van der Waals surface area contributed by atoms with Gasteiger partial charge in [0.2, 0.25) is 0 Å². The summed E-state index contributed by atoms with van der Waals surface area (Å²) in [5.74, 6) is 0.755. The van der Waals surface area contributed by atoms with Crippen molar-refractivity contribution in [2.24, 2.45) is 4.99 Å². The Balaban J connectivity index is 1.74. The van der Waals surface area contributed by atoms with E-state index >= 15 is 0 Å². The number of hydrogen-bond acceptors (Lipinski definition) is 5. The molecule has 0 bridgehead atoms. The summed E-state index contributed by atoms with van der Waals surface area (Å²) in [6.45, 7) is 0. The molecule has 1 aromatic heterocycles. The molecular weight excluding hydrogens is 365 g/mol. The van der Waals surface area contributed by atoms with E-state index in [9.17, 15) is 0 Å². The van der Waals surface area contributed by atoms with Gasteiger partial charge in [-0.1, -0.05) is 23.2 Å². The summed E-state index contributed by atoms with van der Waals surface area (Å²) in [7, 11) is 1.88. The van der Waals surface area contributed by atoms with Gasteiger partial charge >= 0.3 is 0 Å². The number of aliphatic imine (C=N–C) groups is 1. The number of rotatable bonds is 1. The third kappa shape index (κ3) is 3.00. The molecule has 0 unspecified atom stereocenters. The number of anilines is 1. The molecule has 5 nitrogen and oxygen atoms in total. The van der Waals surface area contributed by atoms with E-state index in [0.29, 0.717) is 15.2 Å². The van der Waals surface area contributed by atoms with E-state index in [1.807, 2.05) is 42.4 Å². The summed E-state index contributed by atoms with van der Waals surface area (Å²) in [5.41, 5.74) is 5.56. The van der Waals surface area contributed by atoms with Gasteiger partial charge in [0.25, 0.3) is 0 Å². The molecule has 120 valence electrons. The normalized spacial score (nSPS) is 15.5. The van der Waals surface area contributed by atoms with Crippen LogP contribution in [0.4, 0.5) is 11.5 Å². The monoisotopic (exact) mass is 375 g/mol. The van der Waals surface area contributed by atoms with Crippen LogP contribution in [0.3, 0.4) is 0 Å². The van der Waals surface area contributed by atoms with Crippen molar-refractivity contribution in [1.82, 2.24) is 15.4 Å². The molecule has 0 aliphatic carbocycles. The molecule has 2 heterocycles. The van der Waals surface area contributed by atoms with Crippen LogP contribution in [0.15, 0.2) is 52.5 Å². The molecule has 0 radical (unpaired) electrons. The average molecular weight is 376 g/mol. The predicted octanol–water partition coefficient (Wildman–Crippen LogP) is 4.67. The summed E-state index contributed by atoms with van der Waals surface area (Å²) in [4.78, 5) is 13.9. The van der Waals surface area contributed by atoms with E-state index in [4.69, 9.17) is 23.2 Å². The van der Waals surface area contributed by atoms with Crippen LogP contribution in [0.2, 0.25) is 10.0 Å². The number of nitrogens with one attached hydrogen (secondary N) is 1. The number of thioether (sulfide) groups is 1. The van der Waals surface area contributed by atoms with Gasteiger partial charge < -0.3 is 0 Å². The Labute approximate surface area is 152 Å². The maximum absolute atomic E-state index is 6.05. The van der Waals surface area contributed by atoms with E-state index in [1.165, 1.54) is 11.8 Å². The first-order valence-corrected chi connectivity index (χ1v) is 8.65. The maximum Gasteiger partial charge on any atom is 0.187 e. The smallest absolute Gasteiger partial charge is 0.187 e. The topological polar surface area (TPSA) is 53.4 Å². The summed E-state index contributed by atoms with van der Waals surface area (Å²) in [6, 6.07) is 12.8. The van der Waals surface area contributed by atoms with Crippen molar-refractivity contribution >= 4 is 62.7 Å². The van der Waals surface area contributed by atoms with E-state index in [0.717, 1.165) is 27.6 Å². The minimum absolute atomic E-state index is 0.638. The second kappa shape index (κ2) is 6.12. The fourth-order valence-corrected chi connectivity index (χ4v) is 3.51. The zero-order chi connectivity index (χ0) is 16.7. The van der Waals surface area contributed by atoms with Crippen molar-refractivity contribution in [2.75, 3.05) is 12.1 Å². The summed E-state index contributed by atoms with van der Waals surface area (Å²) in [5, 5.41) is 4.61. The number of benzene rings is 2. The second-order valence-electron chi connectivity index (χ2n) is 5.15. The molecule has 0 amide bonds. The fourth-order valence-electron chi connectivity index (χ4n) is 2.28. The van der Waals surface area contributed by atoms with Crippen molar-refractivity contribution in [2.45, 2.75) is 5.03 Å². The van der Waals surface area contributed by atoms with E-state index in [1.54, 1.807) is 12.1 Å². The summed E-state index contributed by atoms with van der Waals surface area (Å²) >= 11 is 13.4. The van der Waals surface area contributed by atoms with Gasteiger partial charge in [-0.2, -0.15) is 0 Å². The molecule has 1 aliphatic heterocycles. The summed E-state index contributed by atoms with van der Waals surface area (Å²) < 4.78 is 0. The molecule has 0 saturated carbocycles. The fraction of sp³-hybridized carbons (Fsp3) is 0.0625. The Bertz CT molecular complexity index is 959. The number of aromatic nitrogens is 2. The highest BCUT2D eigenvalue weighted by atomic mass is 35.5. The Morgan fingerprint density at radius 1 is 1.00 bits per heavy atom. The molecule has 3 aromatic rings. The number of fused-ring (bicyclic) bond motifs is 2. The molecule has 0 atom stereocenters. The molecular formula is C16H11Cl2N5S. The van der Waals surface area contributed by atoms with Crippen LogP contribution >= 0.6 is 35.0 Å². The van der Waals surface area contributed by atoms with E-state index in [-0.39, 0.29) is 0 Å². The Morgan fingerprint density at radius 3 is 2.54 bits per heavy atom. The maximum atomic E-state index is 6.05. The lowest BCUT2D eigenvalue weighted by molar-refractivity contribution is 0.832. The lowest BCUT2D eigenvalue weighted by atomic mass is 10.3. The predicted molar refractivity (Wildman–Crippen MR) is 100 cm³/mol. The first kappa shape index (κ1) is 15.5. The molecule has 4 rings (SSSR count). The lowest BCUT2D eigenvalue weighted by Gasteiger charge is -2.27. The van der Waals surface area contributed by atoms with Crippen LogP contribution in [0.5, 0.6) is 0 Å². The van der Waals surface area contributed by atoms with Gasteiger partial charge in [-0.05, 0) is 54.2 Å². The molecule has 1 N–H and O–H groups in total. The standard InChI is InChI=1S/C16H11Cl2N5S/c1-23-14-15(21-13-8-10(18)4-7-12(13)20-14)24-16(22-23)19-11-5-2-9(17)3-6-11/h2-8H,1H3,(H,19,22). The molecule has 1 aliphatic rings. The molecule has 0 spiro atoms. The number of nitrogens with zero attached hydrogens (tertiary/aromatic N) is 4. The minimum atomic E-state index is 0.638. The van der Waals surface area contributed by atoms with Gasteiger partial charge in [0, 0.05) is 17.1 Å². The average Bonchev–Trinajstić information content (AvgIpc) is 2.55. The molecule has 0 fully saturated rings. The van der Waals surface area contributed by atoms with Gasteiger partial charge in [-0.3, -0.25) is 10.4 Å². The van der Waals surface area contributed by atoms with Gasteiger partial charge in [-0.25, -0.2) is 15.0 Å². The van der Waals surface area contributed by atoms with Gasteiger partial charge in [0.1, 0.15) is 5.03 Å². The Hall–Kier alpha value is -2.02. The van der Waals surface area contributed by atoms with Crippen LogP contribution in [0, 0.1) is 0 Å². The lowest BCUT2D eigenvalue weighted by Crippen LogP contribution is -2.41. The van der Waals surface area contributed by atoms with Crippen molar-refractivity contribution in [3.63, 3.8) is 0 Å². The molecule has 8 heteroatoms. The molecule has 24 heavy (non-hydrogen) atoms. The van der Waals surface area contributed by atoms with Crippen molar-refractivity contribution in [3.05, 3.63) is 52.5 Å². The van der Waals surface area contributed by atoms with Gasteiger partial charge in [-0.15, -0.1) is 0 Å². The van der Waals surface area contributed by atoms with Crippen molar-refractivity contribution < 1.29 is 0 Å². The first-order chi connectivity index (χ1) is 11.6. The number of amidine groups is 1. The number of hydrogen-bond donors (Lipinski definition) is 1. The first-order valence-electron chi connectivity index (χ1n) is 7.08. The van der Waals surface area contributed by atoms with Crippen LogP contribution in [-0.4, -0.2) is 22.2 Å². The quantitative estimate of drug-likeness (QED) is 0.669. The van der Waals surface area contributed by atoms with Gasteiger partial charge in [0.15, 0.2) is 11.0 Å². The Morgan fingerprint density at radius 2 is 1.75 bits per heavy atom. The van der Waals surface area contributed by atoms with E-state index in [2.05, 4.69) is 20.4 Å². The second-order valence-corrected chi connectivity index (χ2v) is 7.00. The van der Waals surface area contributed by atoms with Gasteiger partial charge in [0.05, 0.1) is 16.7 Å². The van der Waals surface area contributed by atoms with Crippen molar-refractivity contribution in [3.8, 4) is 0 Å². The number of hydrazine groups is 1. The van der Waals surface area contributed by atoms with Crippen LogP contribution in [0.1, 0.15) is 0 Å². The van der Waals surface area contributed by atoms with E-state index < -0.39 is 0 Å². The Kier molecular flexibility index (Phi) is 3.96. The largest absolute Gasteiger partial charge is 0.275 e. The SMILES string of the molecule is CN1NC(=Nc2ccc(Cl)cc2)Sc2nc3cc(Cl)ccc3nc21. The summed E-state index contributed by atoms with van der Waals surface area (Å²) in [6.07, 6.45) is 0. The highest BCUT2D eigenvalue weighted by molar-refractivity contribution is 8.14. The zero-order valence-corrected chi connectivity index (χ0v) is 14.8. The van der Waals surface area contributed by atoms with Crippen LogP contribution in [0.25, 0.3) is 11.0 Å². The van der Waals surface area contributed by atoms with Crippen LogP contribution < -0.4 is 10.4 Å². The minimum Gasteiger partial charge on any atom is -0.275 e. The zero-order valence-electron chi connectivity index (χ0n) is 12.5. The highest BCUT2D eigenvalue weighted by Crippen LogP contribution is 2.33. The highest BCUT2D eigenvalue weighted by Gasteiger charge is 2.22. The molecule has 0 saturated heterocycles. The van der Waals surface area contributed by atoms with Crippen LogP contribution in [-0.2, 0) is 0 Å². The third-order valence-corrected chi connectivity index (χ3v) is 4.74. The molecule has 2 aromatic carbocycles. The third-order valence-electron chi connectivity index (χ3n) is 3.41.